The normalized spacial score (nSPS) is 12.4. The SMILES string of the molecule is CC(C)COC(=O)Cl.CCC(=O)[C@@H](C)NC(=O)OC(C)(C)C.C[C@@H](NC(=O)OC(C)(C)C)C(=O)O. The van der Waals surface area contributed by atoms with Gasteiger partial charge in [0, 0.05) is 18.0 Å². The molecule has 3 N–H and O–H groups in total. The number of ketones is 1. The molecule has 2 amide bonds. The van der Waals surface area contributed by atoms with Gasteiger partial charge in [0.2, 0.25) is 0 Å². The topological polar surface area (TPSA) is 157 Å². The van der Waals surface area contributed by atoms with Gasteiger partial charge in [-0.15, -0.1) is 0 Å². The summed E-state index contributed by atoms with van der Waals surface area (Å²) in [4.78, 5) is 53.5. The van der Waals surface area contributed by atoms with Crippen molar-refractivity contribution in [3.63, 3.8) is 0 Å². The molecule has 0 aliphatic heterocycles. The third-order valence-corrected chi connectivity index (χ3v) is 3.31. The van der Waals surface area contributed by atoms with Crippen LogP contribution in [0.1, 0.15) is 82.6 Å². The van der Waals surface area contributed by atoms with Crippen molar-refractivity contribution >= 4 is 41.0 Å². The Morgan fingerprint density at radius 1 is 0.800 bits per heavy atom. The highest BCUT2D eigenvalue weighted by Crippen LogP contribution is 2.07. The Balaban J connectivity index is -0.000000456. The molecule has 0 aliphatic rings. The fourth-order valence-corrected chi connectivity index (χ4v) is 1.71. The van der Waals surface area contributed by atoms with Crippen LogP contribution >= 0.6 is 11.6 Å². The number of halogens is 1. The van der Waals surface area contributed by atoms with Crippen molar-refractivity contribution in [3.8, 4) is 0 Å². The molecular weight excluding hydrogens is 484 g/mol. The number of hydrogen-bond donors (Lipinski definition) is 3. The second-order valence-electron chi connectivity index (χ2n) is 9.84. The monoisotopic (exact) mass is 526 g/mol. The molecule has 11 nitrogen and oxygen atoms in total. The van der Waals surface area contributed by atoms with E-state index in [-0.39, 0.29) is 5.78 Å². The molecule has 0 aromatic rings. The van der Waals surface area contributed by atoms with E-state index in [2.05, 4.69) is 15.4 Å². The first-order valence-electron chi connectivity index (χ1n) is 11.2. The van der Waals surface area contributed by atoms with Gasteiger partial charge in [0.25, 0.3) is 0 Å². The molecule has 35 heavy (non-hydrogen) atoms. The van der Waals surface area contributed by atoms with E-state index in [9.17, 15) is 24.0 Å². The Morgan fingerprint density at radius 2 is 1.17 bits per heavy atom. The fourth-order valence-electron chi connectivity index (χ4n) is 1.65. The summed E-state index contributed by atoms with van der Waals surface area (Å²) in [6, 6.07) is -1.41. The van der Waals surface area contributed by atoms with Gasteiger partial charge in [0.05, 0.1) is 12.6 Å². The minimum Gasteiger partial charge on any atom is -0.480 e. The molecule has 12 heteroatoms. The maximum atomic E-state index is 11.2. The largest absolute Gasteiger partial charge is 0.480 e. The zero-order valence-corrected chi connectivity index (χ0v) is 23.5. The van der Waals surface area contributed by atoms with Gasteiger partial charge >= 0.3 is 23.6 Å². The van der Waals surface area contributed by atoms with E-state index < -0.39 is 46.9 Å². The van der Waals surface area contributed by atoms with Crippen molar-refractivity contribution in [3.05, 3.63) is 0 Å². The molecule has 0 aliphatic carbocycles. The minimum atomic E-state index is -1.09. The average molecular weight is 527 g/mol. The number of rotatable bonds is 7. The summed E-state index contributed by atoms with van der Waals surface area (Å²) in [5.41, 5.74) is -1.86. The van der Waals surface area contributed by atoms with Crippen LogP contribution in [0.25, 0.3) is 0 Å². The van der Waals surface area contributed by atoms with E-state index in [1.807, 2.05) is 13.8 Å². The molecule has 0 bridgehead atoms. The zero-order chi connectivity index (χ0) is 28.6. The Bertz CT molecular complexity index is 683. The van der Waals surface area contributed by atoms with Crippen LogP contribution in [0.3, 0.4) is 0 Å². The van der Waals surface area contributed by atoms with Gasteiger partial charge in [-0.05, 0) is 61.3 Å². The summed E-state index contributed by atoms with van der Waals surface area (Å²) < 4.78 is 14.3. The lowest BCUT2D eigenvalue weighted by Crippen LogP contribution is -2.41. The van der Waals surface area contributed by atoms with Gasteiger partial charge < -0.3 is 30.0 Å². The van der Waals surface area contributed by atoms with Gasteiger partial charge in [-0.2, -0.15) is 0 Å². The van der Waals surface area contributed by atoms with Crippen LogP contribution in [-0.2, 0) is 23.8 Å². The van der Waals surface area contributed by atoms with Crippen LogP contribution in [0.5, 0.6) is 0 Å². The quantitative estimate of drug-likeness (QED) is 0.310. The maximum Gasteiger partial charge on any atom is 0.408 e. The van der Waals surface area contributed by atoms with Crippen LogP contribution in [0.2, 0.25) is 0 Å². The van der Waals surface area contributed by atoms with Gasteiger partial charge in [0.1, 0.15) is 17.2 Å². The molecule has 0 unspecified atom stereocenters. The smallest absolute Gasteiger partial charge is 0.408 e. The van der Waals surface area contributed by atoms with Gasteiger partial charge in [-0.25, -0.2) is 14.4 Å². The van der Waals surface area contributed by atoms with E-state index in [1.54, 1.807) is 55.4 Å². The number of carbonyl (C=O) groups is 5. The molecule has 0 radical (unpaired) electrons. The third kappa shape index (κ3) is 29.4. The molecule has 0 saturated heterocycles. The van der Waals surface area contributed by atoms with Gasteiger partial charge in [-0.3, -0.25) is 9.59 Å². The average Bonchev–Trinajstić information content (AvgIpc) is 2.63. The second kappa shape index (κ2) is 17.8. The number of Topliss-reactive ketones (excluding diaryl/α,β-unsaturated/α-hetero) is 1. The van der Waals surface area contributed by atoms with Crippen LogP contribution in [0, 0.1) is 5.92 Å². The van der Waals surface area contributed by atoms with Gasteiger partial charge in [-0.1, -0.05) is 20.8 Å². The van der Waals surface area contributed by atoms with Gasteiger partial charge in [0.15, 0.2) is 5.78 Å². The molecule has 0 fully saturated rings. The summed E-state index contributed by atoms with van der Waals surface area (Å²) in [6.45, 7) is 19.5. The van der Waals surface area contributed by atoms with Crippen molar-refractivity contribution in [2.45, 2.75) is 106 Å². The number of hydrogen-bond acceptors (Lipinski definition) is 8. The summed E-state index contributed by atoms with van der Waals surface area (Å²) >= 11 is 4.86. The first-order chi connectivity index (χ1) is 15.6. The van der Waals surface area contributed by atoms with Crippen molar-refractivity contribution in [1.29, 1.82) is 0 Å². The van der Waals surface area contributed by atoms with E-state index in [4.69, 9.17) is 26.2 Å². The summed E-state index contributed by atoms with van der Waals surface area (Å²) in [5, 5.41) is 13.1. The highest BCUT2D eigenvalue weighted by atomic mass is 35.5. The molecule has 0 spiro atoms. The molecule has 0 aromatic heterocycles. The van der Waals surface area contributed by atoms with Crippen LogP contribution in [0.4, 0.5) is 14.4 Å². The highest BCUT2D eigenvalue weighted by Gasteiger charge is 2.21. The Morgan fingerprint density at radius 3 is 1.40 bits per heavy atom. The number of ether oxygens (including phenoxy) is 3. The number of alkyl carbamates (subject to hydrolysis) is 2. The summed E-state index contributed by atoms with van der Waals surface area (Å²) in [6.07, 6.45) is -0.856. The number of aliphatic carboxylic acids is 1. The van der Waals surface area contributed by atoms with Crippen LogP contribution in [0.15, 0.2) is 0 Å². The predicted octanol–water partition coefficient (Wildman–Crippen LogP) is 4.88. The fraction of sp³-hybridized carbons (Fsp3) is 0.783. The summed E-state index contributed by atoms with van der Waals surface area (Å²) in [5.74, 6) is -0.737. The number of carbonyl (C=O) groups excluding carboxylic acids is 4. The number of carboxylic acids is 1. The van der Waals surface area contributed by atoms with E-state index in [0.29, 0.717) is 18.9 Å². The van der Waals surface area contributed by atoms with E-state index >= 15 is 0 Å². The van der Waals surface area contributed by atoms with E-state index in [0.717, 1.165) is 0 Å². The standard InChI is InChI=1S/C10H19NO3.C8H15NO4.C5H9ClO2/c1-6-8(12)7(2)11-9(13)14-10(3,4)5;1-5(6(10)11)9-7(12)13-8(2,3)4;1-4(2)3-8-5(6)7/h7H,6H2,1-5H3,(H,11,13);5H,1-4H3,(H,9,12)(H,10,11);4H,3H2,1-2H3/t7-;5-;/m11./s1. The lowest BCUT2D eigenvalue weighted by molar-refractivity contribution is -0.139. The first-order valence-corrected chi connectivity index (χ1v) is 11.6. The Labute approximate surface area is 213 Å². The number of amides is 2. The molecule has 2 atom stereocenters. The molecule has 0 saturated carbocycles. The molecule has 206 valence electrons. The third-order valence-electron chi connectivity index (χ3n) is 3.20. The zero-order valence-electron chi connectivity index (χ0n) is 22.7. The lowest BCUT2D eigenvalue weighted by Gasteiger charge is -2.21. The first kappa shape index (κ1) is 37.0. The van der Waals surface area contributed by atoms with Crippen LogP contribution < -0.4 is 10.6 Å². The number of nitrogens with one attached hydrogen (secondary N) is 2. The predicted molar refractivity (Wildman–Crippen MR) is 133 cm³/mol. The number of carboxylic acid groups (broad SMARTS) is 1. The lowest BCUT2D eigenvalue weighted by atomic mass is 10.2. The summed E-state index contributed by atoms with van der Waals surface area (Å²) in [7, 11) is 0. The molecule has 0 heterocycles. The van der Waals surface area contributed by atoms with Crippen molar-refractivity contribution in [2.75, 3.05) is 6.61 Å². The minimum absolute atomic E-state index is 0.00383. The Hall–Kier alpha value is -2.56. The maximum absolute atomic E-state index is 11.2. The van der Waals surface area contributed by atoms with Crippen molar-refractivity contribution < 1.29 is 43.3 Å². The van der Waals surface area contributed by atoms with Crippen molar-refractivity contribution in [1.82, 2.24) is 10.6 Å². The van der Waals surface area contributed by atoms with E-state index in [1.165, 1.54) is 6.92 Å². The molecular formula is C23H43ClN2O9. The molecule has 0 aromatic carbocycles. The molecule has 0 rings (SSSR count). The Kier molecular flexibility index (Phi) is 18.8. The van der Waals surface area contributed by atoms with Crippen LogP contribution in [-0.4, -0.2) is 64.4 Å². The highest BCUT2D eigenvalue weighted by molar-refractivity contribution is 6.61. The second-order valence-corrected chi connectivity index (χ2v) is 10.1. The van der Waals surface area contributed by atoms with Crippen molar-refractivity contribution in [2.24, 2.45) is 5.92 Å².